The van der Waals surface area contributed by atoms with E-state index in [1.54, 1.807) is 30.5 Å². The number of anilines is 1. The Bertz CT molecular complexity index is 992. The Kier molecular flexibility index (Phi) is 7.42. The number of hydrogen-bond donors (Lipinski definition) is 2. The van der Waals surface area contributed by atoms with E-state index >= 15 is 0 Å². The molecule has 1 amide bonds. The van der Waals surface area contributed by atoms with Crippen LogP contribution < -0.4 is 11.1 Å². The van der Waals surface area contributed by atoms with Gasteiger partial charge in [-0.2, -0.15) is 0 Å². The number of halogens is 1. The number of nitrogens with zero attached hydrogens (tertiary/aromatic N) is 2. The number of nitrogens with two attached hydrogens (primary N) is 1. The van der Waals surface area contributed by atoms with Crippen molar-refractivity contribution >= 4 is 17.3 Å². The van der Waals surface area contributed by atoms with Crippen LogP contribution in [0.1, 0.15) is 28.4 Å². The average molecular weight is 394 g/mol. The Morgan fingerprint density at radius 3 is 2.62 bits per heavy atom. The molecule has 0 spiro atoms. The Balaban J connectivity index is 2.23. The molecule has 150 valence electrons. The Morgan fingerprint density at radius 2 is 2.03 bits per heavy atom. The molecule has 2 aromatic rings. The summed E-state index contributed by atoms with van der Waals surface area (Å²) in [4.78, 5) is 20.4. The highest BCUT2D eigenvalue weighted by Gasteiger charge is 2.13. The number of aromatic nitrogens is 2. The number of ether oxygens (including phenoxy) is 1. The van der Waals surface area contributed by atoms with Gasteiger partial charge < -0.3 is 15.8 Å². The van der Waals surface area contributed by atoms with Crippen molar-refractivity contribution in [2.24, 2.45) is 5.73 Å². The molecule has 0 bridgehead atoms. The molecular weight excluding hydrogens is 371 g/mol. The number of carbonyl (C=O) groups is 1. The SMILES string of the molecule is C=CC(=C\C=C(/N)OC)/C(=C/C)c1ccc(NC(=O)c2cncc(F)c2C)nc1. The van der Waals surface area contributed by atoms with Gasteiger partial charge in [-0.05, 0) is 49.3 Å². The molecule has 0 aliphatic carbocycles. The van der Waals surface area contributed by atoms with E-state index in [1.165, 1.54) is 20.2 Å². The zero-order chi connectivity index (χ0) is 21.4. The van der Waals surface area contributed by atoms with Gasteiger partial charge in [0, 0.05) is 23.5 Å². The van der Waals surface area contributed by atoms with Crippen molar-refractivity contribution in [2.45, 2.75) is 13.8 Å². The maximum absolute atomic E-state index is 13.6. The molecule has 0 aromatic carbocycles. The summed E-state index contributed by atoms with van der Waals surface area (Å²) in [6.45, 7) is 7.25. The highest BCUT2D eigenvalue weighted by atomic mass is 19.1. The molecule has 0 atom stereocenters. The first-order valence-electron chi connectivity index (χ1n) is 8.79. The van der Waals surface area contributed by atoms with Crippen LogP contribution in [0.3, 0.4) is 0 Å². The largest absolute Gasteiger partial charge is 0.483 e. The highest BCUT2D eigenvalue weighted by molar-refractivity contribution is 6.04. The third-order valence-corrected chi connectivity index (χ3v) is 4.20. The lowest BCUT2D eigenvalue weighted by Gasteiger charge is -2.10. The molecule has 7 heteroatoms. The fourth-order valence-electron chi connectivity index (χ4n) is 2.55. The molecule has 29 heavy (non-hydrogen) atoms. The quantitative estimate of drug-likeness (QED) is 0.544. The molecule has 3 N–H and O–H groups in total. The van der Waals surface area contributed by atoms with Gasteiger partial charge in [0.15, 0.2) is 5.88 Å². The fourth-order valence-corrected chi connectivity index (χ4v) is 2.55. The van der Waals surface area contributed by atoms with E-state index in [0.29, 0.717) is 5.82 Å². The molecule has 0 aliphatic heterocycles. The summed E-state index contributed by atoms with van der Waals surface area (Å²) in [5, 5.41) is 2.65. The van der Waals surface area contributed by atoms with Crippen LogP contribution in [0.4, 0.5) is 10.2 Å². The Labute approximate surface area is 169 Å². The van der Waals surface area contributed by atoms with Crippen molar-refractivity contribution in [2.75, 3.05) is 12.4 Å². The van der Waals surface area contributed by atoms with Crippen LogP contribution in [-0.4, -0.2) is 23.0 Å². The molecule has 6 nitrogen and oxygen atoms in total. The predicted molar refractivity (Wildman–Crippen MR) is 112 cm³/mol. The minimum absolute atomic E-state index is 0.157. The van der Waals surface area contributed by atoms with Gasteiger partial charge in [-0.15, -0.1) is 0 Å². The van der Waals surface area contributed by atoms with E-state index in [-0.39, 0.29) is 17.0 Å². The number of amides is 1. The van der Waals surface area contributed by atoms with Gasteiger partial charge in [0.05, 0.1) is 18.9 Å². The standard InChI is InChI=1S/C22H23FN4O2/c1-5-15(7-9-20(24)29-4)17(6-2)16-8-10-21(26-11-16)27-22(28)18-12-25-13-19(23)14(18)3/h5-13H,1,24H2,2-4H3,(H,26,27,28)/b15-7+,17-6-,20-9+. The van der Waals surface area contributed by atoms with Crippen LogP contribution in [-0.2, 0) is 4.74 Å². The van der Waals surface area contributed by atoms with E-state index in [4.69, 9.17) is 10.5 Å². The van der Waals surface area contributed by atoms with E-state index in [1.807, 2.05) is 19.1 Å². The predicted octanol–water partition coefficient (Wildman–Crippen LogP) is 4.14. The van der Waals surface area contributed by atoms with E-state index in [2.05, 4.69) is 21.9 Å². The van der Waals surface area contributed by atoms with Gasteiger partial charge in [0.25, 0.3) is 5.91 Å². The van der Waals surface area contributed by atoms with E-state index in [9.17, 15) is 9.18 Å². The zero-order valence-corrected chi connectivity index (χ0v) is 16.6. The van der Waals surface area contributed by atoms with Crippen LogP contribution in [0.15, 0.2) is 73.1 Å². The van der Waals surface area contributed by atoms with E-state index in [0.717, 1.165) is 22.9 Å². The summed E-state index contributed by atoms with van der Waals surface area (Å²) in [6, 6.07) is 3.48. The van der Waals surface area contributed by atoms with Gasteiger partial charge in [-0.1, -0.05) is 18.7 Å². The first kappa shape index (κ1) is 21.6. The molecule has 2 rings (SSSR count). The topological polar surface area (TPSA) is 90.1 Å². The summed E-state index contributed by atoms with van der Waals surface area (Å²) in [6.07, 6.45) is 11.1. The lowest BCUT2D eigenvalue weighted by Crippen LogP contribution is -2.15. The molecule has 0 unspecified atom stereocenters. The zero-order valence-electron chi connectivity index (χ0n) is 16.6. The molecule has 0 saturated carbocycles. The number of allylic oxidation sites excluding steroid dienone is 6. The molecule has 0 saturated heterocycles. The molecule has 0 fully saturated rings. The molecule has 0 radical (unpaired) electrons. The first-order chi connectivity index (χ1) is 13.9. The van der Waals surface area contributed by atoms with Gasteiger partial charge in [-0.25, -0.2) is 9.37 Å². The smallest absolute Gasteiger partial charge is 0.258 e. The van der Waals surface area contributed by atoms with Gasteiger partial charge >= 0.3 is 0 Å². The van der Waals surface area contributed by atoms with Crippen molar-refractivity contribution in [3.05, 3.63) is 95.6 Å². The summed E-state index contributed by atoms with van der Waals surface area (Å²) in [7, 11) is 1.49. The van der Waals surface area contributed by atoms with Crippen molar-refractivity contribution in [1.29, 1.82) is 0 Å². The third-order valence-electron chi connectivity index (χ3n) is 4.20. The maximum Gasteiger partial charge on any atom is 0.258 e. The molecule has 0 aliphatic rings. The van der Waals surface area contributed by atoms with E-state index < -0.39 is 11.7 Å². The van der Waals surface area contributed by atoms with Crippen LogP contribution in [0.2, 0.25) is 0 Å². The summed E-state index contributed by atoms with van der Waals surface area (Å²) in [5.74, 6) is -0.401. The maximum atomic E-state index is 13.6. The van der Waals surface area contributed by atoms with Crippen LogP contribution >= 0.6 is 0 Å². The number of rotatable bonds is 7. The minimum Gasteiger partial charge on any atom is -0.483 e. The normalized spacial score (nSPS) is 12.5. The summed E-state index contributed by atoms with van der Waals surface area (Å²) in [5.41, 5.74) is 8.57. The van der Waals surface area contributed by atoms with Crippen LogP contribution in [0, 0.1) is 12.7 Å². The number of carbonyl (C=O) groups excluding carboxylic acids is 1. The Hall–Kier alpha value is -3.74. The monoisotopic (exact) mass is 394 g/mol. The van der Waals surface area contributed by atoms with Gasteiger partial charge in [0.1, 0.15) is 11.6 Å². The summed E-state index contributed by atoms with van der Waals surface area (Å²) < 4.78 is 18.5. The number of pyridine rings is 2. The number of methoxy groups -OCH3 is 1. The molecule has 2 aromatic heterocycles. The van der Waals surface area contributed by atoms with Crippen molar-refractivity contribution in [3.63, 3.8) is 0 Å². The molecular formula is C22H23FN4O2. The van der Waals surface area contributed by atoms with Crippen molar-refractivity contribution in [3.8, 4) is 0 Å². The highest BCUT2D eigenvalue weighted by Crippen LogP contribution is 2.24. The summed E-state index contributed by atoms with van der Waals surface area (Å²) >= 11 is 0. The lowest BCUT2D eigenvalue weighted by atomic mass is 9.98. The van der Waals surface area contributed by atoms with Crippen molar-refractivity contribution in [1.82, 2.24) is 9.97 Å². The lowest BCUT2D eigenvalue weighted by molar-refractivity contribution is 0.102. The average Bonchev–Trinajstić information content (AvgIpc) is 2.73. The fraction of sp³-hybridized carbons (Fsp3) is 0.136. The molecule has 2 heterocycles. The third kappa shape index (κ3) is 5.38. The first-order valence-corrected chi connectivity index (χ1v) is 8.79. The van der Waals surface area contributed by atoms with Crippen molar-refractivity contribution < 1.29 is 13.9 Å². The minimum atomic E-state index is -0.536. The number of nitrogens with one attached hydrogen (secondary N) is 1. The van der Waals surface area contributed by atoms with Crippen LogP contribution in [0.25, 0.3) is 5.57 Å². The van der Waals surface area contributed by atoms with Crippen LogP contribution in [0.5, 0.6) is 0 Å². The van der Waals surface area contributed by atoms with Gasteiger partial charge in [-0.3, -0.25) is 9.78 Å². The Morgan fingerprint density at radius 1 is 1.28 bits per heavy atom. The second kappa shape index (κ2) is 9.98. The van der Waals surface area contributed by atoms with Gasteiger partial charge in [0.2, 0.25) is 0 Å². The second-order valence-electron chi connectivity index (χ2n) is 5.98. The second-order valence-corrected chi connectivity index (χ2v) is 5.98. The number of hydrogen-bond acceptors (Lipinski definition) is 5.